The third-order valence-corrected chi connectivity index (χ3v) is 7.96. The zero-order chi connectivity index (χ0) is 29.7. The standard InChI is InChI=1S/C28H39N9O4/c1-3-35-25(39)14-22(32-12-11-29)36(27(35)41)18-28(10-6-4-8-20(28)16-30)19-37-23(15-24(38)33(2)26(37)40)34-13-7-5-9-21(31)17-34/h4,6,8,10,14-15,20-21,32H,3,5,7,9,11-13,17-19,29,31H2,1-2H3. The van der Waals surface area contributed by atoms with Crippen molar-refractivity contribution in [2.75, 3.05) is 36.4 Å². The molecule has 3 atom stereocenters. The molecule has 0 spiro atoms. The summed E-state index contributed by atoms with van der Waals surface area (Å²) in [6, 6.07) is 5.01. The minimum absolute atomic E-state index is 0.00584. The van der Waals surface area contributed by atoms with E-state index >= 15 is 0 Å². The first-order chi connectivity index (χ1) is 19.7. The van der Waals surface area contributed by atoms with Gasteiger partial charge >= 0.3 is 11.4 Å². The van der Waals surface area contributed by atoms with Crippen LogP contribution in [0.1, 0.15) is 26.2 Å². The predicted molar refractivity (Wildman–Crippen MR) is 158 cm³/mol. The van der Waals surface area contributed by atoms with Gasteiger partial charge in [-0.3, -0.25) is 27.9 Å². The lowest BCUT2D eigenvalue weighted by Crippen LogP contribution is -2.49. The molecule has 3 unspecified atom stereocenters. The van der Waals surface area contributed by atoms with Crippen molar-refractivity contribution < 1.29 is 0 Å². The number of allylic oxidation sites excluding steroid dienone is 4. The van der Waals surface area contributed by atoms with Crippen LogP contribution in [-0.2, 0) is 26.7 Å². The highest BCUT2D eigenvalue weighted by Gasteiger charge is 2.40. The van der Waals surface area contributed by atoms with Crippen molar-refractivity contribution in [3.8, 4) is 6.07 Å². The summed E-state index contributed by atoms with van der Waals surface area (Å²) in [7, 11) is 1.42. The van der Waals surface area contributed by atoms with Gasteiger partial charge in [-0.1, -0.05) is 30.7 Å². The molecule has 0 amide bonds. The Morgan fingerprint density at radius 1 is 1.05 bits per heavy atom. The number of hydrogen-bond donors (Lipinski definition) is 3. The Labute approximate surface area is 237 Å². The summed E-state index contributed by atoms with van der Waals surface area (Å²) >= 11 is 0. The number of anilines is 2. The molecule has 41 heavy (non-hydrogen) atoms. The predicted octanol–water partition coefficient (Wildman–Crippen LogP) is -0.469. The quantitative estimate of drug-likeness (QED) is 0.362. The van der Waals surface area contributed by atoms with E-state index in [1.165, 1.54) is 28.3 Å². The van der Waals surface area contributed by atoms with Crippen LogP contribution in [0, 0.1) is 22.7 Å². The highest BCUT2D eigenvalue weighted by atomic mass is 16.2. The molecule has 1 fully saturated rings. The molecule has 0 aromatic carbocycles. The Morgan fingerprint density at radius 3 is 2.51 bits per heavy atom. The maximum absolute atomic E-state index is 13.7. The summed E-state index contributed by atoms with van der Waals surface area (Å²) in [6.45, 7) is 3.54. The normalized spacial score (nSPS) is 22.4. The number of nitrogens with zero attached hydrogens (tertiary/aromatic N) is 6. The monoisotopic (exact) mass is 565 g/mol. The lowest BCUT2D eigenvalue weighted by Gasteiger charge is -2.38. The van der Waals surface area contributed by atoms with E-state index in [4.69, 9.17) is 11.5 Å². The Kier molecular flexibility index (Phi) is 9.14. The highest BCUT2D eigenvalue weighted by Crippen LogP contribution is 2.38. The van der Waals surface area contributed by atoms with Crippen molar-refractivity contribution >= 4 is 11.6 Å². The lowest BCUT2D eigenvalue weighted by molar-refractivity contribution is 0.220. The van der Waals surface area contributed by atoms with Crippen LogP contribution in [0.5, 0.6) is 0 Å². The van der Waals surface area contributed by atoms with Crippen molar-refractivity contribution in [1.29, 1.82) is 5.26 Å². The van der Waals surface area contributed by atoms with E-state index in [1.54, 1.807) is 25.2 Å². The van der Waals surface area contributed by atoms with Crippen LogP contribution >= 0.6 is 0 Å². The molecule has 5 N–H and O–H groups in total. The van der Waals surface area contributed by atoms with E-state index in [0.29, 0.717) is 25.5 Å². The van der Waals surface area contributed by atoms with Gasteiger partial charge in [0.05, 0.1) is 12.0 Å². The fourth-order valence-electron chi connectivity index (χ4n) is 5.69. The Bertz CT molecular complexity index is 1610. The van der Waals surface area contributed by atoms with E-state index in [9.17, 15) is 24.4 Å². The number of nitriles is 1. The van der Waals surface area contributed by atoms with Crippen LogP contribution in [0.3, 0.4) is 0 Å². The molecule has 4 rings (SSSR count). The van der Waals surface area contributed by atoms with Crippen LogP contribution in [0.25, 0.3) is 0 Å². The summed E-state index contributed by atoms with van der Waals surface area (Å²) < 4.78 is 5.11. The third kappa shape index (κ3) is 5.98. The Morgan fingerprint density at radius 2 is 1.80 bits per heavy atom. The van der Waals surface area contributed by atoms with Gasteiger partial charge in [0.2, 0.25) is 0 Å². The van der Waals surface area contributed by atoms with Gasteiger partial charge in [-0.25, -0.2) is 9.59 Å². The maximum Gasteiger partial charge on any atom is 0.332 e. The van der Waals surface area contributed by atoms with E-state index in [-0.39, 0.29) is 38.0 Å². The summed E-state index contributed by atoms with van der Waals surface area (Å²) in [5, 5.41) is 13.4. The molecule has 0 saturated carbocycles. The highest BCUT2D eigenvalue weighted by molar-refractivity contribution is 5.40. The maximum atomic E-state index is 13.7. The lowest BCUT2D eigenvalue weighted by atomic mass is 9.73. The molecule has 2 aromatic rings. The Hall–Kier alpha value is -4.15. The second-order valence-corrected chi connectivity index (χ2v) is 10.8. The first kappa shape index (κ1) is 29.8. The van der Waals surface area contributed by atoms with Gasteiger partial charge in [-0.15, -0.1) is 0 Å². The largest absolute Gasteiger partial charge is 0.370 e. The fraction of sp³-hybridized carbons (Fsp3) is 0.536. The molecule has 13 nitrogen and oxygen atoms in total. The van der Waals surface area contributed by atoms with Gasteiger partial charge in [0.15, 0.2) is 0 Å². The molecule has 0 bridgehead atoms. The second-order valence-electron chi connectivity index (χ2n) is 10.8. The fourth-order valence-corrected chi connectivity index (χ4v) is 5.69. The van der Waals surface area contributed by atoms with Crippen molar-refractivity contribution in [1.82, 2.24) is 18.3 Å². The molecule has 0 radical (unpaired) electrons. The van der Waals surface area contributed by atoms with E-state index < -0.39 is 33.8 Å². The topological polar surface area (TPSA) is 179 Å². The van der Waals surface area contributed by atoms with Crippen LogP contribution in [0.2, 0.25) is 0 Å². The SMILES string of the molecule is CCn1c(=O)cc(NCCN)n(CC2(Cn3c(N4CCCCC(N)C4)cc(=O)n(C)c3=O)C=CC=CC2C#N)c1=O. The smallest absolute Gasteiger partial charge is 0.332 e. The number of aromatic nitrogens is 4. The average molecular weight is 566 g/mol. The average Bonchev–Trinajstić information content (AvgIpc) is 3.18. The first-order valence-electron chi connectivity index (χ1n) is 14.0. The molecule has 1 saturated heterocycles. The molecular formula is C28H39N9O4. The van der Waals surface area contributed by atoms with Crippen LogP contribution in [0.15, 0.2) is 55.6 Å². The second kappa shape index (κ2) is 12.6. The number of nitrogens with one attached hydrogen (secondary N) is 1. The molecule has 2 aliphatic rings. The van der Waals surface area contributed by atoms with Crippen LogP contribution < -0.4 is 44.2 Å². The Balaban J connectivity index is 1.92. The minimum atomic E-state index is -1.09. The van der Waals surface area contributed by atoms with Gasteiger partial charge in [-0.05, 0) is 19.8 Å². The molecular weight excluding hydrogens is 526 g/mol. The van der Waals surface area contributed by atoms with Gasteiger partial charge in [0.1, 0.15) is 11.6 Å². The molecule has 2 aromatic heterocycles. The van der Waals surface area contributed by atoms with Crippen molar-refractivity contribution in [2.45, 2.75) is 51.9 Å². The number of nitrogens with two attached hydrogens (primary N) is 2. The van der Waals surface area contributed by atoms with Crippen LogP contribution in [0.4, 0.5) is 11.6 Å². The summed E-state index contributed by atoms with van der Waals surface area (Å²) in [6.07, 6.45) is 9.75. The van der Waals surface area contributed by atoms with Gasteiger partial charge in [0, 0.05) is 76.5 Å². The third-order valence-electron chi connectivity index (χ3n) is 7.96. The van der Waals surface area contributed by atoms with Gasteiger partial charge < -0.3 is 21.7 Å². The van der Waals surface area contributed by atoms with Crippen molar-refractivity contribution in [3.63, 3.8) is 0 Å². The first-order valence-corrected chi connectivity index (χ1v) is 14.0. The van der Waals surface area contributed by atoms with Crippen molar-refractivity contribution in [2.24, 2.45) is 29.8 Å². The van der Waals surface area contributed by atoms with Crippen molar-refractivity contribution in [3.05, 3.63) is 78.1 Å². The zero-order valence-electron chi connectivity index (χ0n) is 23.7. The van der Waals surface area contributed by atoms with Crippen LogP contribution in [-0.4, -0.2) is 50.5 Å². The number of hydrogen-bond acceptors (Lipinski definition) is 9. The molecule has 1 aliphatic heterocycles. The molecule has 1 aliphatic carbocycles. The minimum Gasteiger partial charge on any atom is -0.370 e. The summed E-state index contributed by atoms with van der Waals surface area (Å²) in [5.41, 5.74) is 8.97. The van der Waals surface area contributed by atoms with E-state index in [1.807, 2.05) is 11.0 Å². The van der Waals surface area contributed by atoms with Gasteiger partial charge in [0.25, 0.3) is 11.1 Å². The van der Waals surface area contributed by atoms with E-state index in [0.717, 1.165) is 28.4 Å². The van der Waals surface area contributed by atoms with E-state index in [2.05, 4.69) is 11.4 Å². The molecule has 3 heterocycles. The zero-order valence-corrected chi connectivity index (χ0v) is 23.7. The molecule has 220 valence electrons. The summed E-state index contributed by atoms with van der Waals surface area (Å²) in [4.78, 5) is 54.8. The summed E-state index contributed by atoms with van der Waals surface area (Å²) in [5.74, 6) is -0.0188. The van der Waals surface area contributed by atoms with Gasteiger partial charge in [-0.2, -0.15) is 5.26 Å². The number of rotatable bonds is 9. The molecule has 13 heteroatoms.